The van der Waals surface area contributed by atoms with Crippen molar-refractivity contribution in [3.63, 3.8) is 0 Å². The molecule has 0 bridgehead atoms. The van der Waals surface area contributed by atoms with Gasteiger partial charge in [-0.3, -0.25) is 9.79 Å². The molecule has 0 amide bonds. The summed E-state index contributed by atoms with van der Waals surface area (Å²) in [7, 11) is 0. The first kappa shape index (κ1) is 22.4. The zero-order valence-electron chi connectivity index (χ0n) is 14.4. The number of nitrogens with one attached hydrogen (secondary N) is 2. The normalized spacial score (nSPS) is 15.1. The third-order valence-electron chi connectivity index (χ3n) is 3.50. The van der Waals surface area contributed by atoms with E-state index in [0.29, 0.717) is 26.0 Å². The SMILES string of the molecule is CCNC(=NCCCC(=O)OC1CCCC1)NCCOCC.I. The van der Waals surface area contributed by atoms with Gasteiger partial charge in [-0.15, -0.1) is 24.0 Å². The summed E-state index contributed by atoms with van der Waals surface area (Å²) in [6, 6.07) is 0. The summed E-state index contributed by atoms with van der Waals surface area (Å²) in [6.07, 6.45) is 5.74. The maximum absolute atomic E-state index is 11.7. The van der Waals surface area contributed by atoms with Gasteiger partial charge >= 0.3 is 5.97 Å². The molecular weight excluding hydrogens is 409 g/mol. The van der Waals surface area contributed by atoms with E-state index in [1.165, 1.54) is 12.8 Å². The van der Waals surface area contributed by atoms with Crippen LogP contribution in [-0.4, -0.2) is 50.9 Å². The molecule has 23 heavy (non-hydrogen) atoms. The van der Waals surface area contributed by atoms with Crippen molar-refractivity contribution in [3.8, 4) is 0 Å². The molecule has 0 radical (unpaired) electrons. The predicted octanol–water partition coefficient (Wildman–Crippen LogP) is 2.46. The average molecular weight is 441 g/mol. The van der Waals surface area contributed by atoms with E-state index in [4.69, 9.17) is 9.47 Å². The lowest BCUT2D eigenvalue weighted by Gasteiger charge is -2.12. The first-order valence-corrected chi connectivity index (χ1v) is 8.55. The Morgan fingerprint density at radius 1 is 1.22 bits per heavy atom. The predicted molar refractivity (Wildman–Crippen MR) is 103 cm³/mol. The van der Waals surface area contributed by atoms with Gasteiger partial charge < -0.3 is 20.1 Å². The number of carbonyl (C=O) groups is 1. The average Bonchev–Trinajstić information content (AvgIpc) is 3.00. The molecule has 7 heteroatoms. The quantitative estimate of drug-likeness (QED) is 0.179. The molecule has 0 atom stereocenters. The molecule has 0 aliphatic heterocycles. The Labute approximate surface area is 157 Å². The highest BCUT2D eigenvalue weighted by Crippen LogP contribution is 2.21. The van der Waals surface area contributed by atoms with Crippen LogP contribution in [0.2, 0.25) is 0 Å². The van der Waals surface area contributed by atoms with Crippen LogP contribution in [0.1, 0.15) is 52.4 Å². The van der Waals surface area contributed by atoms with Crippen LogP contribution in [0.5, 0.6) is 0 Å². The molecule has 136 valence electrons. The molecule has 2 N–H and O–H groups in total. The molecular formula is C16H32IN3O3. The molecule has 1 fully saturated rings. The van der Waals surface area contributed by atoms with Gasteiger partial charge in [-0.2, -0.15) is 0 Å². The van der Waals surface area contributed by atoms with Crippen LogP contribution in [0.15, 0.2) is 4.99 Å². The minimum Gasteiger partial charge on any atom is -0.462 e. The number of halogens is 1. The monoisotopic (exact) mass is 441 g/mol. The van der Waals surface area contributed by atoms with Gasteiger partial charge in [0, 0.05) is 32.7 Å². The number of nitrogens with zero attached hydrogens (tertiary/aromatic N) is 1. The Hall–Kier alpha value is -0.570. The fraction of sp³-hybridized carbons (Fsp3) is 0.875. The van der Waals surface area contributed by atoms with Gasteiger partial charge in [0.05, 0.1) is 6.61 Å². The van der Waals surface area contributed by atoms with Crippen LogP contribution in [-0.2, 0) is 14.3 Å². The van der Waals surface area contributed by atoms with Gasteiger partial charge in [0.15, 0.2) is 5.96 Å². The van der Waals surface area contributed by atoms with E-state index < -0.39 is 0 Å². The summed E-state index contributed by atoms with van der Waals surface area (Å²) in [4.78, 5) is 16.1. The molecule has 1 aliphatic carbocycles. The van der Waals surface area contributed by atoms with Gasteiger partial charge in [-0.1, -0.05) is 0 Å². The maximum Gasteiger partial charge on any atom is 0.306 e. The third kappa shape index (κ3) is 11.6. The van der Waals surface area contributed by atoms with Crippen molar-refractivity contribution in [1.29, 1.82) is 0 Å². The molecule has 0 saturated heterocycles. The van der Waals surface area contributed by atoms with Crippen LogP contribution in [0, 0.1) is 0 Å². The second-order valence-corrected chi connectivity index (χ2v) is 5.38. The van der Waals surface area contributed by atoms with Gasteiger partial charge in [-0.05, 0) is 46.0 Å². The van der Waals surface area contributed by atoms with Gasteiger partial charge in [0.1, 0.15) is 6.10 Å². The van der Waals surface area contributed by atoms with Crippen LogP contribution < -0.4 is 10.6 Å². The number of esters is 1. The number of hydrogen-bond acceptors (Lipinski definition) is 4. The lowest BCUT2D eigenvalue weighted by molar-refractivity contribution is -0.148. The minimum atomic E-state index is -0.0867. The van der Waals surface area contributed by atoms with E-state index in [-0.39, 0.29) is 36.0 Å². The van der Waals surface area contributed by atoms with Gasteiger partial charge in [0.2, 0.25) is 0 Å². The summed E-state index contributed by atoms with van der Waals surface area (Å²) in [5.41, 5.74) is 0. The first-order chi connectivity index (χ1) is 10.8. The van der Waals surface area contributed by atoms with Crippen molar-refractivity contribution in [1.82, 2.24) is 10.6 Å². The number of guanidine groups is 1. The lowest BCUT2D eigenvalue weighted by atomic mass is 10.3. The maximum atomic E-state index is 11.7. The van der Waals surface area contributed by atoms with Crippen LogP contribution in [0.3, 0.4) is 0 Å². The summed E-state index contributed by atoms with van der Waals surface area (Å²) in [6.45, 7) is 7.53. The molecule has 1 rings (SSSR count). The smallest absolute Gasteiger partial charge is 0.306 e. The number of aliphatic imine (C=N–C) groups is 1. The van der Waals surface area contributed by atoms with E-state index in [9.17, 15) is 4.79 Å². The molecule has 0 aromatic heterocycles. The highest BCUT2D eigenvalue weighted by molar-refractivity contribution is 14.0. The van der Waals surface area contributed by atoms with Gasteiger partial charge in [0.25, 0.3) is 0 Å². The third-order valence-corrected chi connectivity index (χ3v) is 3.50. The Morgan fingerprint density at radius 3 is 2.61 bits per heavy atom. The van der Waals surface area contributed by atoms with E-state index in [1.807, 2.05) is 13.8 Å². The first-order valence-electron chi connectivity index (χ1n) is 8.55. The van der Waals surface area contributed by atoms with E-state index in [0.717, 1.165) is 38.5 Å². The lowest BCUT2D eigenvalue weighted by Crippen LogP contribution is -2.39. The molecule has 0 spiro atoms. The van der Waals surface area contributed by atoms with E-state index in [1.54, 1.807) is 0 Å². The molecule has 0 unspecified atom stereocenters. The fourth-order valence-electron chi connectivity index (χ4n) is 2.39. The molecule has 1 saturated carbocycles. The molecule has 6 nitrogen and oxygen atoms in total. The summed E-state index contributed by atoms with van der Waals surface area (Å²) in [5.74, 6) is 0.683. The Kier molecular flexibility index (Phi) is 14.6. The summed E-state index contributed by atoms with van der Waals surface area (Å²) >= 11 is 0. The highest BCUT2D eigenvalue weighted by Gasteiger charge is 2.18. The van der Waals surface area contributed by atoms with Crippen molar-refractivity contribution in [2.24, 2.45) is 4.99 Å². The molecule has 0 aromatic carbocycles. The zero-order valence-corrected chi connectivity index (χ0v) is 16.8. The molecule has 1 aliphatic rings. The number of rotatable bonds is 10. The topological polar surface area (TPSA) is 72.0 Å². The van der Waals surface area contributed by atoms with Crippen molar-refractivity contribution < 1.29 is 14.3 Å². The second kappa shape index (κ2) is 15.0. The Morgan fingerprint density at radius 2 is 1.96 bits per heavy atom. The number of carbonyl (C=O) groups excluding carboxylic acids is 1. The number of hydrogen-bond donors (Lipinski definition) is 2. The Balaban J connectivity index is 0.00000484. The van der Waals surface area contributed by atoms with Crippen LogP contribution in [0.25, 0.3) is 0 Å². The zero-order chi connectivity index (χ0) is 16.0. The molecule has 0 heterocycles. The minimum absolute atomic E-state index is 0. The fourth-order valence-corrected chi connectivity index (χ4v) is 2.39. The van der Waals surface area contributed by atoms with Gasteiger partial charge in [-0.25, -0.2) is 0 Å². The van der Waals surface area contributed by atoms with Crippen molar-refractivity contribution >= 4 is 35.9 Å². The van der Waals surface area contributed by atoms with E-state index >= 15 is 0 Å². The van der Waals surface area contributed by atoms with Crippen molar-refractivity contribution in [3.05, 3.63) is 0 Å². The molecule has 0 aromatic rings. The van der Waals surface area contributed by atoms with Crippen LogP contribution >= 0.6 is 24.0 Å². The summed E-state index contributed by atoms with van der Waals surface area (Å²) < 4.78 is 10.7. The highest BCUT2D eigenvalue weighted by atomic mass is 127. The van der Waals surface area contributed by atoms with Crippen molar-refractivity contribution in [2.75, 3.05) is 32.8 Å². The Bertz CT molecular complexity index is 335. The second-order valence-electron chi connectivity index (χ2n) is 5.38. The van der Waals surface area contributed by atoms with E-state index in [2.05, 4.69) is 15.6 Å². The van der Waals surface area contributed by atoms with Crippen molar-refractivity contribution in [2.45, 2.75) is 58.5 Å². The summed E-state index contributed by atoms with van der Waals surface area (Å²) in [5, 5.41) is 6.37. The largest absolute Gasteiger partial charge is 0.462 e. The standard InChI is InChI=1S/C16H31N3O3.HI/c1-3-17-16(19-12-13-21-4-2)18-11-7-10-15(20)22-14-8-5-6-9-14;/h14H,3-13H2,1-2H3,(H2,17,18,19);1H. The van der Waals surface area contributed by atoms with Crippen LogP contribution in [0.4, 0.5) is 0 Å². The number of ether oxygens (including phenoxy) is 2.